The average molecular weight is 266 g/mol. The van der Waals surface area contributed by atoms with Gasteiger partial charge in [0.25, 0.3) is 4.06 Å². The Hall–Kier alpha value is 0.470. The van der Waals surface area contributed by atoms with Gasteiger partial charge in [0.05, 0.1) is 21.6 Å². The van der Waals surface area contributed by atoms with Gasteiger partial charge in [-0.2, -0.15) is 0 Å². The summed E-state index contributed by atoms with van der Waals surface area (Å²) in [6.07, 6.45) is 0. The van der Waals surface area contributed by atoms with Crippen LogP contribution in [0.1, 0.15) is 0 Å². The zero-order chi connectivity index (χ0) is 9.54. The van der Waals surface area contributed by atoms with Gasteiger partial charge in [0, 0.05) is 0 Å². The molecule has 3 rings (SSSR count). The van der Waals surface area contributed by atoms with Gasteiger partial charge in [-0.25, -0.2) is 0 Å². The molecule has 76 valence electrons. The monoisotopic (exact) mass is 266 g/mol. The molecule has 2 aliphatic heterocycles. The first-order chi connectivity index (χ1) is 6.83. The van der Waals surface area contributed by atoms with Crippen LogP contribution < -0.4 is 4.06 Å². The minimum absolute atomic E-state index is 0.0616. The lowest BCUT2D eigenvalue weighted by molar-refractivity contribution is -0.0667. The zero-order valence-electron chi connectivity index (χ0n) is 6.93. The average Bonchev–Trinajstić information content (AvgIpc) is 2.53. The van der Waals surface area contributed by atoms with Crippen molar-refractivity contribution in [1.29, 1.82) is 0 Å². The van der Waals surface area contributed by atoms with E-state index >= 15 is 0 Å². The van der Waals surface area contributed by atoms with Crippen LogP contribution >= 0.6 is 46.2 Å². The maximum absolute atomic E-state index is 11.2. The minimum atomic E-state index is 0.0616. The third kappa shape index (κ3) is 1.66. The highest BCUT2D eigenvalue weighted by Crippen LogP contribution is 2.49. The molecule has 0 aromatic carbocycles. The lowest BCUT2D eigenvalue weighted by atomic mass is 10.6. The molecule has 0 N–H and O–H groups in total. The Labute approximate surface area is 96.8 Å². The smallest absolute Gasteiger partial charge is 0.289 e. The third-order valence-corrected chi connectivity index (χ3v) is 7.28. The molecule has 2 atom stereocenters. The van der Waals surface area contributed by atoms with Crippen molar-refractivity contribution in [2.45, 2.75) is 19.3 Å². The van der Waals surface area contributed by atoms with Gasteiger partial charge >= 0.3 is 0 Å². The Kier molecular flexibility index (Phi) is 2.63. The van der Waals surface area contributed by atoms with E-state index in [1.807, 2.05) is 0 Å². The van der Waals surface area contributed by atoms with Crippen LogP contribution in [0.15, 0.2) is 13.2 Å². The zero-order valence-corrected chi connectivity index (χ0v) is 10.2. The van der Waals surface area contributed by atoms with E-state index < -0.39 is 0 Å². The largest absolute Gasteiger partial charge is 0.361 e. The molecule has 0 radical (unpaired) electrons. The maximum atomic E-state index is 11.2. The first-order valence-electron chi connectivity index (χ1n) is 4.03. The summed E-state index contributed by atoms with van der Waals surface area (Å²) < 4.78 is 13.5. The highest BCUT2D eigenvalue weighted by atomic mass is 32.2. The molecule has 0 bridgehead atoms. The lowest BCUT2D eigenvalue weighted by Gasteiger charge is -2.33. The number of fused-ring (bicyclic) bond motifs is 2. The molecule has 0 aliphatic carbocycles. The normalized spacial score (nSPS) is 30.9. The van der Waals surface area contributed by atoms with Crippen LogP contribution in [0.25, 0.3) is 0 Å². The van der Waals surface area contributed by atoms with E-state index in [0.717, 1.165) is 8.42 Å². The Morgan fingerprint density at radius 1 is 1.00 bits per heavy atom. The van der Waals surface area contributed by atoms with Gasteiger partial charge in [0.15, 0.2) is 0 Å². The van der Waals surface area contributed by atoms with E-state index in [9.17, 15) is 4.79 Å². The molecule has 14 heavy (non-hydrogen) atoms. The molecule has 0 spiro atoms. The van der Waals surface area contributed by atoms with Gasteiger partial charge in [-0.05, 0) is 0 Å². The van der Waals surface area contributed by atoms with E-state index in [-0.39, 0.29) is 14.9 Å². The van der Waals surface area contributed by atoms with Crippen LogP contribution in [-0.4, -0.2) is 24.1 Å². The summed E-state index contributed by atoms with van der Waals surface area (Å²) in [6.45, 7) is 1.31. The summed E-state index contributed by atoms with van der Waals surface area (Å²) in [6, 6.07) is 0. The fraction of sp³-hybridized carbons (Fsp3) is 0.571. The number of rotatable bonds is 0. The van der Waals surface area contributed by atoms with Crippen LogP contribution in [0.4, 0.5) is 0 Å². The predicted molar refractivity (Wildman–Crippen MR) is 59.7 cm³/mol. The fourth-order valence-electron chi connectivity index (χ4n) is 1.28. The topological polar surface area (TPSA) is 35.5 Å². The molecule has 1 saturated heterocycles. The molecule has 0 saturated carbocycles. The molecule has 1 fully saturated rings. The molecule has 3 heterocycles. The molecular formula is C7H6O3S4. The van der Waals surface area contributed by atoms with Crippen molar-refractivity contribution in [1.82, 2.24) is 0 Å². The molecule has 0 amide bonds. The molecule has 2 aliphatic rings. The molecule has 3 nitrogen and oxygen atoms in total. The van der Waals surface area contributed by atoms with Gasteiger partial charge in [0.2, 0.25) is 0 Å². The van der Waals surface area contributed by atoms with E-state index in [1.165, 1.54) is 22.7 Å². The molecule has 0 unspecified atom stereocenters. The number of hydrogen-bond acceptors (Lipinski definition) is 7. The standard InChI is InChI=1S/C7H6O3S4/c8-7-13-5-6(14-7)12-4-3(11-5)9-1-2-10-4/h3-4H,1-2H2/t3-,4+. The second-order valence-electron chi connectivity index (χ2n) is 2.74. The molecule has 1 aromatic rings. The third-order valence-electron chi connectivity index (χ3n) is 1.83. The van der Waals surface area contributed by atoms with Crippen LogP contribution in [0.2, 0.25) is 0 Å². The van der Waals surface area contributed by atoms with Gasteiger partial charge < -0.3 is 9.47 Å². The highest BCUT2D eigenvalue weighted by molar-refractivity contribution is 8.08. The first kappa shape index (κ1) is 9.68. The number of thioether (sulfide) groups is 2. The van der Waals surface area contributed by atoms with Crippen molar-refractivity contribution in [3.05, 3.63) is 8.85 Å². The van der Waals surface area contributed by atoms with Crippen LogP contribution in [0.3, 0.4) is 0 Å². The van der Waals surface area contributed by atoms with E-state index in [1.54, 1.807) is 23.5 Å². The Morgan fingerprint density at radius 2 is 1.50 bits per heavy atom. The van der Waals surface area contributed by atoms with Crippen molar-refractivity contribution in [2.24, 2.45) is 0 Å². The van der Waals surface area contributed by atoms with Gasteiger partial charge in [-0.1, -0.05) is 46.2 Å². The van der Waals surface area contributed by atoms with E-state index in [0.29, 0.717) is 13.2 Å². The van der Waals surface area contributed by atoms with Gasteiger partial charge in [-0.15, -0.1) is 0 Å². The summed E-state index contributed by atoms with van der Waals surface area (Å²) >= 11 is 5.88. The van der Waals surface area contributed by atoms with Crippen molar-refractivity contribution in [2.75, 3.05) is 13.2 Å². The highest BCUT2D eigenvalue weighted by Gasteiger charge is 2.35. The predicted octanol–water partition coefficient (Wildman–Crippen LogP) is 2.07. The molecular weight excluding hydrogens is 260 g/mol. The first-order valence-corrected chi connectivity index (χ1v) is 7.42. The summed E-state index contributed by atoms with van der Waals surface area (Å²) in [7, 11) is 0. The molecule has 1 aromatic heterocycles. The number of ether oxygens (including phenoxy) is 2. The summed E-state index contributed by atoms with van der Waals surface area (Å²) in [5, 5.41) is 0. The number of hydrogen-bond donors (Lipinski definition) is 0. The van der Waals surface area contributed by atoms with E-state index in [2.05, 4.69) is 0 Å². The second kappa shape index (κ2) is 3.80. The van der Waals surface area contributed by atoms with Crippen molar-refractivity contribution in [3.8, 4) is 0 Å². The van der Waals surface area contributed by atoms with Gasteiger partial charge in [0.1, 0.15) is 10.9 Å². The van der Waals surface area contributed by atoms with Crippen molar-refractivity contribution in [3.63, 3.8) is 0 Å². The Bertz CT molecular complexity index is 363. The summed E-state index contributed by atoms with van der Waals surface area (Å²) in [4.78, 5) is 11.2. The van der Waals surface area contributed by atoms with Crippen molar-refractivity contribution >= 4 is 46.2 Å². The SMILES string of the molecule is O=c1sc2c(s1)S[C@@H]1OCCO[C@@H]1S2. The summed E-state index contributed by atoms with van der Waals surface area (Å²) in [5.41, 5.74) is 0.123. The quantitative estimate of drug-likeness (QED) is 0.718. The second-order valence-corrected chi connectivity index (χ2v) is 7.70. The fourth-order valence-corrected chi connectivity index (χ4v) is 6.87. The lowest BCUT2D eigenvalue weighted by Crippen LogP contribution is -2.35. The summed E-state index contributed by atoms with van der Waals surface area (Å²) in [5.74, 6) is 0. The van der Waals surface area contributed by atoms with Crippen LogP contribution in [0.5, 0.6) is 0 Å². The van der Waals surface area contributed by atoms with Gasteiger partial charge in [-0.3, -0.25) is 4.79 Å². The Morgan fingerprint density at radius 3 is 2.00 bits per heavy atom. The Balaban J connectivity index is 1.94. The van der Waals surface area contributed by atoms with Crippen LogP contribution in [0, 0.1) is 0 Å². The van der Waals surface area contributed by atoms with Crippen molar-refractivity contribution < 1.29 is 9.47 Å². The maximum Gasteiger partial charge on any atom is 0.289 e. The van der Waals surface area contributed by atoms with E-state index in [4.69, 9.17) is 9.47 Å². The van der Waals surface area contributed by atoms with Crippen LogP contribution in [-0.2, 0) is 9.47 Å². The molecule has 7 heteroatoms. The minimum Gasteiger partial charge on any atom is -0.361 e.